The molecular formula is C19H27NO. The number of rotatable bonds is 5. The fourth-order valence-electron chi connectivity index (χ4n) is 3.00. The van der Waals surface area contributed by atoms with Crippen LogP contribution in [0.2, 0.25) is 0 Å². The second kappa shape index (κ2) is 7.44. The lowest BCUT2D eigenvalue weighted by Crippen LogP contribution is -2.38. The van der Waals surface area contributed by atoms with Crippen LogP contribution in [0.5, 0.6) is 0 Å². The van der Waals surface area contributed by atoms with Gasteiger partial charge in [0.1, 0.15) is 0 Å². The van der Waals surface area contributed by atoms with Crippen molar-refractivity contribution in [2.24, 2.45) is 5.92 Å². The molecule has 2 rings (SSSR count). The molecule has 0 saturated carbocycles. The van der Waals surface area contributed by atoms with Gasteiger partial charge in [0.25, 0.3) is 5.91 Å². The fourth-order valence-corrected chi connectivity index (χ4v) is 3.00. The summed E-state index contributed by atoms with van der Waals surface area (Å²) in [6.45, 7) is 9.98. The van der Waals surface area contributed by atoms with E-state index in [1.807, 2.05) is 36.1 Å². The molecule has 1 aliphatic heterocycles. The number of benzene rings is 1. The third-order valence-corrected chi connectivity index (χ3v) is 4.49. The van der Waals surface area contributed by atoms with Gasteiger partial charge in [0.2, 0.25) is 0 Å². The van der Waals surface area contributed by atoms with Gasteiger partial charge in [-0.2, -0.15) is 0 Å². The molecule has 114 valence electrons. The minimum absolute atomic E-state index is 0.178. The van der Waals surface area contributed by atoms with E-state index in [4.69, 9.17) is 0 Å². The lowest BCUT2D eigenvalue weighted by molar-refractivity contribution is 0.0686. The molecule has 21 heavy (non-hydrogen) atoms. The maximum absolute atomic E-state index is 12.5. The Kier molecular flexibility index (Phi) is 5.60. The van der Waals surface area contributed by atoms with Crippen LogP contribution in [0.4, 0.5) is 0 Å². The molecular weight excluding hydrogens is 258 g/mol. The van der Waals surface area contributed by atoms with E-state index in [0.717, 1.165) is 48.5 Å². The predicted molar refractivity (Wildman–Crippen MR) is 89.3 cm³/mol. The van der Waals surface area contributed by atoms with Crippen molar-refractivity contribution in [3.8, 4) is 0 Å². The minimum atomic E-state index is 0.178. The third kappa shape index (κ3) is 4.20. The van der Waals surface area contributed by atoms with Crippen molar-refractivity contribution in [3.05, 3.63) is 42.0 Å². The molecule has 0 radical (unpaired) electrons. The van der Waals surface area contributed by atoms with E-state index < -0.39 is 0 Å². The maximum Gasteiger partial charge on any atom is 0.253 e. The van der Waals surface area contributed by atoms with Crippen LogP contribution in [-0.2, 0) is 0 Å². The average Bonchev–Trinajstić information content (AvgIpc) is 2.53. The van der Waals surface area contributed by atoms with Crippen molar-refractivity contribution < 1.29 is 4.79 Å². The summed E-state index contributed by atoms with van der Waals surface area (Å²) >= 11 is 0. The van der Waals surface area contributed by atoms with Gasteiger partial charge >= 0.3 is 0 Å². The zero-order chi connectivity index (χ0) is 15.2. The molecule has 0 atom stereocenters. The van der Waals surface area contributed by atoms with Crippen molar-refractivity contribution in [1.29, 1.82) is 0 Å². The number of likely N-dealkylation sites (tertiary alicyclic amines) is 1. The molecule has 1 aromatic carbocycles. The van der Waals surface area contributed by atoms with Gasteiger partial charge in [0.05, 0.1) is 0 Å². The molecule has 1 aliphatic rings. The number of hydrogen-bond donors (Lipinski definition) is 0. The molecule has 1 heterocycles. The van der Waals surface area contributed by atoms with Crippen molar-refractivity contribution in [3.63, 3.8) is 0 Å². The Labute approximate surface area is 128 Å². The number of amides is 1. The number of hydrogen-bond acceptors (Lipinski definition) is 1. The van der Waals surface area contributed by atoms with Gasteiger partial charge in [-0.05, 0) is 43.4 Å². The molecule has 0 aliphatic carbocycles. The monoisotopic (exact) mass is 285 g/mol. The number of carbonyl (C=O) groups excluding carboxylic acids is 1. The number of unbranched alkanes of at least 4 members (excludes halogenated alkanes) is 1. The highest BCUT2D eigenvalue weighted by Gasteiger charge is 2.23. The van der Waals surface area contributed by atoms with Crippen LogP contribution in [0.1, 0.15) is 61.9 Å². The quantitative estimate of drug-likeness (QED) is 0.763. The molecule has 1 aromatic rings. The summed E-state index contributed by atoms with van der Waals surface area (Å²) in [5.41, 5.74) is 2.93. The van der Waals surface area contributed by atoms with Gasteiger partial charge in [-0.25, -0.2) is 0 Å². The number of nitrogens with zero attached hydrogens (tertiary/aromatic N) is 1. The average molecular weight is 285 g/mol. The molecule has 0 N–H and O–H groups in total. The highest BCUT2D eigenvalue weighted by atomic mass is 16.2. The summed E-state index contributed by atoms with van der Waals surface area (Å²) in [6, 6.07) is 7.83. The molecule has 1 fully saturated rings. The van der Waals surface area contributed by atoms with E-state index in [2.05, 4.69) is 13.5 Å². The topological polar surface area (TPSA) is 20.3 Å². The summed E-state index contributed by atoms with van der Waals surface area (Å²) in [5.74, 6) is 0.997. The van der Waals surface area contributed by atoms with E-state index >= 15 is 0 Å². The molecule has 0 unspecified atom stereocenters. The van der Waals surface area contributed by atoms with Crippen LogP contribution < -0.4 is 0 Å². The fraction of sp³-hybridized carbons (Fsp3) is 0.526. The lowest BCUT2D eigenvalue weighted by Gasteiger charge is -2.32. The zero-order valence-corrected chi connectivity index (χ0v) is 13.4. The first-order valence-corrected chi connectivity index (χ1v) is 8.17. The minimum Gasteiger partial charge on any atom is -0.339 e. The van der Waals surface area contributed by atoms with Gasteiger partial charge < -0.3 is 4.90 Å². The van der Waals surface area contributed by atoms with Gasteiger partial charge in [-0.15, -0.1) is 0 Å². The molecule has 0 aromatic heterocycles. The standard InChI is InChI=1S/C19H27NO/c1-4-5-6-16-11-13-20(14-12-16)19(21)18-9-7-17(8-10-18)15(2)3/h7-10,16H,2,4-6,11-14H2,1,3H3. The summed E-state index contributed by atoms with van der Waals surface area (Å²) in [7, 11) is 0. The first-order valence-electron chi connectivity index (χ1n) is 8.17. The smallest absolute Gasteiger partial charge is 0.253 e. The highest BCUT2D eigenvalue weighted by molar-refractivity contribution is 5.94. The van der Waals surface area contributed by atoms with E-state index in [-0.39, 0.29) is 5.91 Å². The maximum atomic E-state index is 12.5. The molecule has 0 bridgehead atoms. The third-order valence-electron chi connectivity index (χ3n) is 4.49. The van der Waals surface area contributed by atoms with E-state index in [9.17, 15) is 4.79 Å². The molecule has 0 spiro atoms. The number of allylic oxidation sites excluding steroid dienone is 1. The largest absolute Gasteiger partial charge is 0.339 e. The molecule has 1 saturated heterocycles. The van der Waals surface area contributed by atoms with Crippen LogP contribution in [0, 0.1) is 5.92 Å². The normalized spacial score (nSPS) is 16.0. The molecule has 2 nitrogen and oxygen atoms in total. The Morgan fingerprint density at radius 1 is 1.19 bits per heavy atom. The SMILES string of the molecule is C=C(C)c1ccc(C(=O)N2CCC(CCCC)CC2)cc1. The Morgan fingerprint density at radius 3 is 2.29 bits per heavy atom. The zero-order valence-electron chi connectivity index (χ0n) is 13.4. The van der Waals surface area contributed by atoms with Crippen LogP contribution >= 0.6 is 0 Å². The Bertz CT molecular complexity index is 481. The van der Waals surface area contributed by atoms with Crippen LogP contribution in [-0.4, -0.2) is 23.9 Å². The number of piperidine rings is 1. The van der Waals surface area contributed by atoms with Crippen molar-refractivity contribution in [2.45, 2.75) is 46.0 Å². The van der Waals surface area contributed by atoms with Crippen molar-refractivity contribution in [2.75, 3.05) is 13.1 Å². The second-order valence-electron chi connectivity index (χ2n) is 6.24. The Hall–Kier alpha value is -1.57. The van der Waals surface area contributed by atoms with E-state index in [1.54, 1.807) is 0 Å². The second-order valence-corrected chi connectivity index (χ2v) is 6.24. The first-order chi connectivity index (χ1) is 10.1. The van der Waals surface area contributed by atoms with E-state index in [0.29, 0.717) is 0 Å². The summed E-state index contributed by atoms with van der Waals surface area (Å²) in [4.78, 5) is 14.5. The summed E-state index contributed by atoms with van der Waals surface area (Å²) < 4.78 is 0. The van der Waals surface area contributed by atoms with Crippen LogP contribution in [0.25, 0.3) is 5.57 Å². The van der Waals surface area contributed by atoms with Crippen LogP contribution in [0.15, 0.2) is 30.8 Å². The number of carbonyl (C=O) groups is 1. The predicted octanol–water partition coefficient (Wildman–Crippen LogP) is 4.76. The van der Waals surface area contributed by atoms with Crippen molar-refractivity contribution in [1.82, 2.24) is 4.90 Å². The van der Waals surface area contributed by atoms with Crippen molar-refractivity contribution >= 4 is 11.5 Å². The van der Waals surface area contributed by atoms with Crippen LogP contribution in [0.3, 0.4) is 0 Å². The molecule has 1 amide bonds. The summed E-state index contributed by atoms with van der Waals surface area (Å²) in [6.07, 6.45) is 6.24. The first kappa shape index (κ1) is 15.8. The molecule has 2 heteroatoms. The van der Waals surface area contributed by atoms with Gasteiger partial charge in [-0.3, -0.25) is 4.79 Å². The summed E-state index contributed by atoms with van der Waals surface area (Å²) in [5, 5.41) is 0. The Morgan fingerprint density at radius 2 is 1.76 bits per heavy atom. The van der Waals surface area contributed by atoms with E-state index in [1.165, 1.54) is 19.3 Å². The van der Waals surface area contributed by atoms with Gasteiger partial charge in [0.15, 0.2) is 0 Å². The highest BCUT2D eigenvalue weighted by Crippen LogP contribution is 2.24. The van der Waals surface area contributed by atoms with Gasteiger partial charge in [-0.1, -0.05) is 50.5 Å². The van der Waals surface area contributed by atoms with Gasteiger partial charge in [0, 0.05) is 18.7 Å². The Balaban J connectivity index is 1.91. The lowest BCUT2D eigenvalue weighted by atomic mass is 9.91.